The average molecular weight is 289 g/mol. The van der Waals surface area contributed by atoms with Gasteiger partial charge in [-0.3, -0.25) is 0 Å². The van der Waals surface area contributed by atoms with Crippen molar-refractivity contribution in [3.05, 3.63) is 35.4 Å². The minimum atomic E-state index is 0.430. The minimum Gasteiger partial charge on any atom is -0.309 e. The monoisotopic (exact) mass is 289 g/mol. The van der Waals surface area contributed by atoms with Crippen LogP contribution in [-0.4, -0.2) is 56.1 Å². The van der Waals surface area contributed by atoms with E-state index in [0.29, 0.717) is 6.04 Å². The molecule has 3 nitrogen and oxygen atoms in total. The molecule has 1 atom stereocenters. The average Bonchev–Trinajstić information content (AvgIpc) is 2.99. The molecule has 21 heavy (non-hydrogen) atoms. The highest BCUT2D eigenvalue weighted by molar-refractivity contribution is 5.29. The van der Waals surface area contributed by atoms with Crippen molar-refractivity contribution in [3.63, 3.8) is 0 Å². The first-order chi connectivity index (χ1) is 10.2. The number of nitrogens with one attached hydrogen (secondary N) is 1. The second kappa shape index (κ2) is 8.52. The zero-order valence-electron chi connectivity index (χ0n) is 13.9. The van der Waals surface area contributed by atoms with Crippen LogP contribution in [-0.2, 0) is 0 Å². The quantitative estimate of drug-likeness (QED) is 0.794. The molecule has 1 aliphatic heterocycles. The highest BCUT2D eigenvalue weighted by atomic mass is 15.2. The number of rotatable bonds is 8. The van der Waals surface area contributed by atoms with Crippen molar-refractivity contribution in [3.8, 4) is 0 Å². The van der Waals surface area contributed by atoms with Gasteiger partial charge in [0.15, 0.2) is 0 Å². The molecule has 1 heterocycles. The second-order valence-electron chi connectivity index (χ2n) is 6.28. The molecule has 1 N–H and O–H groups in total. The van der Waals surface area contributed by atoms with E-state index in [0.717, 1.165) is 19.6 Å². The van der Waals surface area contributed by atoms with Crippen molar-refractivity contribution < 1.29 is 0 Å². The summed E-state index contributed by atoms with van der Waals surface area (Å²) in [7, 11) is 2.25. The molecule has 3 heteroatoms. The van der Waals surface area contributed by atoms with Crippen molar-refractivity contribution >= 4 is 0 Å². The van der Waals surface area contributed by atoms with E-state index >= 15 is 0 Å². The third kappa shape index (κ3) is 5.10. The Morgan fingerprint density at radius 3 is 2.62 bits per heavy atom. The summed E-state index contributed by atoms with van der Waals surface area (Å²) >= 11 is 0. The molecule has 0 amide bonds. The molecule has 1 fully saturated rings. The summed E-state index contributed by atoms with van der Waals surface area (Å²) in [6.07, 6.45) is 2.76. The van der Waals surface area contributed by atoms with Crippen molar-refractivity contribution in [2.24, 2.45) is 0 Å². The van der Waals surface area contributed by atoms with E-state index < -0.39 is 0 Å². The number of likely N-dealkylation sites (tertiary alicyclic amines) is 1. The Morgan fingerprint density at radius 2 is 1.95 bits per heavy atom. The lowest BCUT2D eigenvalue weighted by atomic mass is 10.0. The molecular formula is C18H31N3. The summed E-state index contributed by atoms with van der Waals surface area (Å²) in [5.41, 5.74) is 2.82. The van der Waals surface area contributed by atoms with E-state index in [1.807, 2.05) is 0 Å². The highest BCUT2D eigenvalue weighted by Crippen LogP contribution is 2.18. The third-order valence-corrected chi connectivity index (χ3v) is 4.51. The van der Waals surface area contributed by atoms with Crippen LogP contribution in [0.4, 0.5) is 0 Å². The van der Waals surface area contributed by atoms with E-state index in [1.54, 1.807) is 0 Å². The Morgan fingerprint density at radius 1 is 1.24 bits per heavy atom. The van der Waals surface area contributed by atoms with Gasteiger partial charge in [0.2, 0.25) is 0 Å². The SMILES string of the molecule is CCNC(CN(C)CCN1CCCC1)c1ccccc1C. The molecule has 0 spiro atoms. The molecule has 0 saturated carbocycles. The number of aryl methyl sites for hydroxylation is 1. The maximum absolute atomic E-state index is 3.64. The first kappa shape index (κ1) is 16.5. The summed E-state index contributed by atoms with van der Waals surface area (Å²) in [5.74, 6) is 0. The van der Waals surface area contributed by atoms with Gasteiger partial charge in [-0.2, -0.15) is 0 Å². The number of hydrogen-bond acceptors (Lipinski definition) is 3. The van der Waals surface area contributed by atoms with Gasteiger partial charge < -0.3 is 15.1 Å². The minimum absolute atomic E-state index is 0.430. The smallest absolute Gasteiger partial charge is 0.0451 e. The summed E-state index contributed by atoms with van der Waals surface area (Å²) in [4.78, 5) is 5.06. The van der Waals surface area contributed by atoms with Crippen LogP contribution in [0.25, 0.3) is 0 Å². The topological polar surface area (TPSA) is 18.5 Å². The van der Waals surface area contributed by atoms with Gasteiger partial charge in [-0.25, -0.2) is 0 Å². The molecule has 0 radical (unpaired) electrons. The van der Waals surface area contributed by atoms with Gasteiger partial charge in [-0.1, -0.05) is 31.2 Å². The lowest BCUT2D eigenvalue weighted by Crippen LogP contribution is -2.37. The zero-order valence-corrected chi connectivity index (χ0v) is 13.9. The number of nitrogens with zero attached hydrogens (tertiary/aromatic N) is 2. The lowest BCUT2D eigenvalue weighted by molar-refractivity contribution is 0.239. The predicted molar refractivity (Wildman–Crippen MR) is 90.8 cm³/mol. The van der Waals surface area contributed by atoms with Gasteiger partial charge in [0.25, 0.3) is 0 Å². The second-order valence-corrected chi connectivity index (χ2v) is 6.28. The Kier molecular flexibility index (Phi) is 6.68. The van der Waals surface area contributed by atoms with Crippen molar-refractivity contribution in [1.82, 2.24) is 15.1 Å². The molecule has 0 aliphatic carbocycles. The van der Waals surface area contributed by atoms with Crippen LogP contribution in [0.3, 0.4) is 0 Å². The first-order valence-corrected chi connectivity index (χ1v) is 8.40. The van der Waals surface area contributed by atoms with Crippen LogP contribution in [0.5, 0.6) is 0 Å². The highest BCUT2D eigenvalue weighted by Gasteiger charge is 2.16. The Labute approximate surface area is 130 Å². The molecule has 2 rings (SSSR count). The normalized spacial score (nSPS) is 17.5. The molecule has 1 aromatic carbocycles. The van der Waals surface area contributed by atoms with Gasteiger partial charge in [-0.15, -0.1) is 0 Å². The zero-order chi connectivity index (χ0) is 15.1. The van der Waals surface area contributed by atoms with Gasteiger partial charge >= 0.3 is 0 Å². The van der Waals surface area contributed by atoms with E-state index in [2.05, 4.69) is 60.3 Å². The van der Waals surface area contributed by atoms with Crippen LogP contribution in [0, 0.1) is 6.92 Å². The summed E-state index contributed by atoms with van der Waals surface area (Å²) in [6, 6.07) is 9.18. The Bertz CT molecular complexity index is 413. The summed E-state index contributed by atoms with van der Waals surface area (Å²) in [6.45, 7) is 11.5. The largest absolute Gasteiger partial charge is 0.309 e. The fourth-order valence-electron chi connectivity index (χ4n) is 3.22. The van der Waals surface area contributed by atoms with Crippen LogP contribution >= 0.6 is 0 Å². The lowest BCUT2D eigenvalue weighted by Gasteiger charge is -2.27. The molecule has 1 saturated heterocycles. The number of benzene rings is 1. The number of hydrogen-bond donors (Lipinski definition) is 1. The number of likely N-dealkylation sites (N-methyl/N-ethyl adjacent to an activating group) is 2. The van der Waals surface area contributed by atoms with Crippen molar-refractivity contribution in [1.29, 1.82) is 0 Å². The van der Waals surface area contributed by atoms with Crippen LogP contribution in [0.1, 0.15) is 36.9 Å². The van der Waals surface area contributed by atoms with Gasteiger partial charge in [0.05, 0.1) is 0 Å². The van der Waals surface area contributed by atoms with Crippen LogP contribution in [0.15, 0.2) is 24.3 Å². The van der Waals surface area contributed by atoms with Crippen molar-refractivity contribution in [2.45, 2.75) is 32.7 Å². The molecule has 0 bridgehead atoms. The molecular weight excluding hydrogens is 258 g/mol. The maximum atomic E-state index is 3.64. The standard InChI is InChI=1S/C18H31N3/c1-4-19-18(17-10-6-5-9-16(17)2)15-20(3)13-14-21-11-7-8-12-21/h5-6,9-10,18-19H,4,7-8,11-15H2,1-3H3. The van der Waals surface area contributed by atoms with Crippen LogP contribution in [0.2, 0.25) is 0 Å². The fraction of sp³-hybridized carbons (Fsp3) is 0.667. The fourth-order valence-corrected chi connectivity index (χ4v) is 3.22. The van der Waals surface area contributed by atoms with Gasteiger partial charge in [-0.05, 0) is 57.6 Å². The summed E-state index contributed by atoms with van der Waals surface area (Å²) < 4.78 is 0. The predicted octanol–water partition coefficient (Wildman–Crippen LogP) is 2.67. The van der Waals surface area contributed by atoms with Crippen molar-refractivity contribution in [2.75, 3.05) is 46.3 Å². The summed E-state index contributed by atoms with van der Waals surface area (Å²) in [5, 5.41) is 3.64. The van der Waals surface area contributed by atoms with E-state index in [4.69, 9.17) is 0 Å². The maximum Gasteiger partial charge on any atom is 0.0451 e. The van der Waals surface area contributed by atoms with Crippen LogP contribution < -0.4 is 5.32 Å². The molecule has 0 aromatic heterocycles. The molecule has 118 valence electrons. The molecule has 1 unspecified atom stereocenters. The van der Waals surface area contributed by atoms with E-state index in [9.17, 15) is 0 Å². The molecule has 1 aromatic rings. The first-order valence-electron chi connectivity index (χ1n) is 8.40. The van der Waals surface area contributed by atoms with E-state index in [-0.39, 0.29) is 0 Å². The van der Waals surface area contributed by atoms with Gasteiger partial charge in [0.1, 0.15) is 0 Å². The van der Waals surface area contributed by atoms with E-state index in [1.165, 1.54) is 43.6 Å². The third-order valence-electron chi connectivity index (χ3n) is 4.51. The Hall–Kier alpha value is -0.900. The van der Waals surface area contributed by atoms with Gasteiger partial charge in [0, 0.05) is 25.7 Å². The Balaban J connectivity index is 1.88. The molecule has 1 aliphatic rings.